The van der Waals surface area contributed by atoms with Gasteiger partial charge in [-0.25, -0.2) is 9.97 Å². The first-order chi connectivity index (χ1) is 5.77. The van der Waals surface area contributed by atoms with E-state index in [1.54, 1.807) is 0 Å². The predicted octanol–water partition coefficient (Wildman–Crippen LogP) is 2.54. The summed E-state index contributed by atoms with van der Waals surface area (Å²) in [5.41, 5.74) is 2.93. The third-order valence-electron chi connectivity index (χ3n) is 1.69. The van der Waals surface area contributed by atoms with Gasteiger partial charge in [-0.1, -0.05) is 12.1 Å². The maximum absolute atomic E-state index is 4.41. The molecule has 0 aliphatic carbocycles. The van der Waals surface area contributed by atoms with Crippen molar-refractivity contribution in [1.29, 1.82) is 0 Å². The minimum atomic E-state index is 0.965. The summed E-state index contributed by atoms with van der Waals surface area (Å²) in [7, 11) is 0. The van der Waals surface area contributed by atoms with Crippen LogP contribution in [0.5, 0.6) is 0 Å². The first kappa shape index (κ1) is 7.91. The molecule has 12 heavy (non-hydrogen) atoms. The fraction of sp³-hybridized carbons (Fsp3) is 0.111. The Kier molecular flexibility index (Phi) is 1.96. The lowest BCUT2D eigenvalue weighted by Gasteiger charge is -1.99. The summed E-state index contributed by atoms with van der Waals surface area (Å²) >= 11 is 2.20. The number of aromatic nitrogens is 2. The third-order valence-corrected chi connectivity index (χ3v) is 2.71. The van der Waals surface area contributed by atoms with Crippen molar-refractivity contribution in [1.82, 2.24) is 9.97 Å². The number of rotatable bonds is 0. The van der Waals surface area contributed by atoms with Crippen LogP contribution in [0.4, 0.5) is 0 Å². The Morgan fingerprint density at radius 3 is 2.33 bits per heavy atom. The molecule has 3 heteroatoms. The number of hydrogen-bond donors (Lipinski definition) is 0. The van der Waals surface area contributed by atoms with Gasteiger partial charge < -0.3 is 0 Å². The zero-order valence-electron chi connectivity index (χ0n) is 6.58. The SMILES string of the molecule is Cc1nc2ccccc2nc1I. The molecule has 0 saturated carbocycles. The summed E-state index contributed by atoms with van der Waals surface area (Å²) < 4.78 is 0.978. The molecule has 1 aromatic carbocycles. The van der Waals surface area contributed by atoms with Crippen LogP contribution in [0.3, 0.4) is 0 Å². The van der Waals surface area contributed by atoms with E-state index >= 15 is 0 Å². The number of halogens is 1. The van der Waals surface area contributed by atoms with Gasteiger partial charge in [0.2, 0.25) is 0 Å². The Bertz CT molecular complexity index is 385. The molecule has 0 fully saturated rings. The molecule has 2 aromatic rings. The highest BCUT2D eigenvalue weighted by molar-refractivity contribution is 14.1. The minimum absolute atomic E-state index is 0.965. The maximum Gasteiger partial charge on any atom is 0.123 e. The summed E-state index contributed by atoms with van der Waals surface area (Å²) in [4.78, 5) is 8.80. The van der Waals surface area contributed by atoms with Crippen LogP contribution in [0.1, 0.15) is 5.69 Å². The molecule has 0 atom stereocenters. The van der Waals surface area contributed by atoms with Crippen LogP contribution < -0.4 is 0 Å². The van der Waals surface area contributed by atoms with Gasteiger partial charge in [-0.15, -0.1) is 0 Å². The van der Waals surface area contributed by atoms with E-state index in [2.05, 4.69) is 32.6 Å². The molecule has 60 valence electrons. The normalized spacial score (nSPS) is 10.5. The highest BCUT2D eigenvalue weighted by Gasteiger charge is 1.99. The smallest absolute Gasteiger partial charge is 0.123 e. The van der Waals surface area contributed by atoms with Crippen molar-refractivity contribution >= 4 is 33.6 Å². The second-order valence-corrected chi connectivity index (χ2v) is 3.61. The molecule has 2 rings (SSSR count). The van der Waals surface area contributed by atoms with E-state index in [1.807, 2.05) is 31.2 Å². The van der Waals surface area contributed by atoms with E-state index in [4.69, 9.17) is 0 Å². The molecule has 0 saturated heterocycles. The fourth-order valence-corrected chi connectivity index (χ4v) is 1.45. The molecule has 0 amide bonds. The highest BCUT2D eigenvalue weighted by Crippen LogP contribution is 2.12. The van der Waals surface area contributed by atoms with E-state index < -0.39 is 0 Å². The Labute approximate surface area is 84.2 Å². The number of para-hydroxylation sites is 2. The van der Waals surface area contributed by atoms with E-state index in [0.29, 0.717) is 0 Å². The molecule has 1 aromatic heterocycles. The van der Waals surface area contributed by atoms with Gasteiger partial charge in [0.15, 0.2) is 0 Å². The lowest BCUT2D eigenvalue weighted by molar-refractivity contribution is 1.14. The predicted molar refractivity (Wildman–Crippen MR) is 57.0 cm³/mol. The van der Waals surface area contributed by atoms with Crippen molar-refractivity contribution in [3.63, 3.8) is 0 Å². The molecule has 0 N–H and O–H groups in total. The lowest BCUT2D eigenvalue weighted by Crippen LogP contribution is -1.92. The number of aryl methyl sites for hydroxylation is 1. The van der Waals surface area contributed by atoms with Crippen LogP contribution in [0.15, 0.2) is 24.3 Å². The second kappa shape index (κ2) is 2.97. The summed E-state index contributed by atoms with van der Waals surface area (Å²) in [6, 6.07) is 7.90. The minimum Gasteiger partial charge on any atom is -0.249 e. The maximum atomic E-state index is 4.41. The standard InChI is InChI=1S/C9H7IN2/c1-6-9(10)12-8-5-3-2-4-7(8)11-6/h2-5H,1H3. The average molecular weight is 270 g/mol. The molecule has 1 heterocycles. The zero-order chi connectivity index (χ0) is 8.55. The van der Waals surface area contributed by atoms with Gasteiger partial charge in [0.25, 0.3) is 0 Å². The Morgan fingerprint density at radius 2 is 1.67 bits per heavy atom. The molecular weight excluding hydrogens is 263 g/mol. The highest BCUT2D eigenvalue weighted by atomic mass is 127. The summed E-state index contributed by atoms with van der Waals surface area (Å²) in [6.07, 6.45) is 0. The van der Waals surface area contributed by atoms with Gasteiger partial charge >= 0.3 is 0 Å². The number of hydrogen-bond acceptors (Lipinski definition) is 2. The first-order valence-corrected chi connectivity index (χ1v) is 4.74. The molecule has 0 unspecified atom stereocenters. The van der Waals surface area contributed by atoms with E-state index in [9.17, 15) is 0 Å². The van der Waals surface area contributed by atoms with Crippen molar-refractivity contribution in [2.24, 2.45) is 0 Å². The monoisotopic (exact) mass is 270 g/mol. The zero-order valence-corrected chi connectivity index (χ0v) is 8.74. The van der Waals surface area contributed by atoms with Crippen molar-refractivity contribution in [2.75, 3.05) is 0 Å². The Hall–Kier alpha value is -0.710. The van der Waals surface area contributed by atoms with Crippen LogP contribution in [0.2, 0.25) is 0 Å². The molecule has 0 bridgehead atoms. The van der Waals surface area contributed by atoms with Crippen LogP contribution in [0.25, 0.3) is 11.0 Å². The van der Waals surface area contributed by atoms with Gasteiger partial charge in [0.1, 0.15) is 3.70 Å². The van der Waals surface area contributed by atoms with Crippen LogP contribution in [-0.2, 0) is 0 Å². The van der Waals surface area contributed by atoms with Crippen LogP contribution in [-0.4, -0.2) is 9.97 Å². The van der Waals surface area contributed by atoms with Crippen molar-refractivity contribution in [3.05, 3.63) is 33.7 Å². The molecule has 2 nitrogen and oxygen atoms in total. The van der Waals surface area contributed by atoms with E-state index in [0.717, 1.165) is 20.4 Å². The third kappa shape index (κ3) is 1.29. The number of nitrogens with zero attached hydrogens (tertiary/aromatic N) is 2. The quantitative estimate of drug-likeness (QED) is 0.687. The Morgan fingerprint density at radius 1 is 1.08 bits per heavy atom. The first-order valence-electron chi connectivity index (χ1n) is 3.66. The molecular formula is C9H7IN2. The van der Waals surface area contributed by atoms with Crippen molar-refractivity contribution in [3.8, 4) is 0 Å². The van der Waals surface area contributed by atoms with E-state index in [-0.39, 0.29) is 0 Å². The van der Waals surface area contributed by atoms with Crippen molar-refractivity contribution in [2.45, 2.75) is 6.92 Å². The number of fused-ring (bicyclic) bond motifs is 1. The van der Waals surface area contributed by atoms with Gasteiger partial charge in [0.05, 0.1) is 16.7 Å². The van der Waals surface area contributed by atoms with E-state index in [1.165, 1.54) is 0 Å². The van der Waals surface area contributed by atoms with Gasteiger partial charge in [-0.05, 0) is 41.6 Å². The average Bonchev–Trinajstić information content (AvgIpc) is 2.07. The molecule has 0 aliphatic heterocycles. The van der Waals surface area contributed by atoms with Gasteiger partial charge in [-0.3, -0.25) is 0 Å². The Balaban J connectivity index is 2.84. The molecule has 0 radical (unpaired) electrons. The second-order valence-electron chi connectivity index (χ2n) is 2.59. The molecule has 0 spiro atoms. The van der Waals surface area contributed by atoms with Crippen molar-refractivity contribution < 1.29 is 0 Å². The summed E-state index contributed by atoms with van der Waals surface area (Å²) in [5, 5.41) is 0. The lowest BCUT2D eigenvalue weighted by atomic mass is 10.3. The largest absolute Gasteiger partial charge is 0.249 e. The van der Waals surface area contributed by atoms with Gasteiger partial charge in [0, 0.05) is 0 Å². The topological polar surface area (TPSA) is 25.8 Å². The fourth-order valence-electron chi connectivity index (χ4n) is 1.07. The number of benzene rings is 1. The molecule has 0 aliphatic rings. The van der Waals surface area contributed by atoms with Crippen LogP contribution >= 0.6 is 22.6 Å². The van der Waals surface area contributed by atoms with Gasteiger partial charge in [-0.2, -0.15) is 0 Å². The van der Waals surface area contributed by atoms with Crippen LogP contribution in [0, 0.1) is 10.6 Å². The summed E-state index contributed by atoms with van der Waals surface area (Å²) in [5.74, 6) is 0. The summed E-state index contributed by atoms with van der Waals surface area (Å²) in [6.45, 7) is 1.97.